The van der Waals surface area contributed by atoms with Crippen molar-refractivity contribution in [1.29, 1.82) is 0 Å². The lowest BCUT2D eigenvalue weighted by atomic mass is 9.69. The Labute approximate surface area is 151 Å². The van der Waals surface area contributed by atoms with Crippen LogP contribution in [0.25, 0.3) is 0 Å². The molecule has 0 aromatic rings. The Balaban J connectivity index is 1.82. The fourth-order valence-electron chi connectivity index (χ4n) is 5.18. The molecule has 0 aliphatic heterocycles. The van der Waals surface area contributed by atoms with Gasteiger partial charge in [0.25, 0.3) is 0 Å². The lowest BCUT2D eigenvalue weighted by molar-refractivity contribution is 0.152. The second-order valence-electron chi connectivity index (χ2n) is 8.88. The Morgan fingerprint density at radius 3 is 1.96 bits per heavy atom. The molecule has 2 fully saturated rings. The van der Waals surface area contributed by atoms with Crippen molar-refractivity contribution < 1.29 is 8.42 Å². The fourth-order valence-corrected chi connectivity index (χ4v) is 7.11. The van der Waals surface area contributed by atoms with E-state index in [2.05, 4.69) is 13.8 Å². The summed E-state index contributed by atoms with van der Waals surface area (Å²) >= 11 is 0. The third-order valence-corrected chi connectivity index (χ3v) is 9.85. The second kappa shape index (κ2) is 9.05. The molecule has 2 rings (SSSR count). The van der Waals surface area contributed by atoms with Gasteiger partial charge in [-0.2, -0.15) is 0 Å². The van der Waals surface area contributed by atoms with E-state index in [-0.39, 0.29) is 0 Å². The lowest BCUT2D eigenvalue weighted by Gasteiger charge is -2.41. The molecule has 0 atom stereocenters. The molecule has 2 nitrogen and oxygen atoms in total. The van der Waals surface area contributed by atoms with E-state index < -0.39 is 14.6 Å². The van der Waals surface area contributed by atoms with Gasteiger partial charge in [-0.05, 0) is 69.6 Å². The summed E-state index contributed by atoms with van der Waals surface area (Å²) in [5.41, 5.74) is 0. The van der Waals surface area contributed by atoms with Crippen molar-refractivity contribution >= 4 is 9.84 Å². The zero-order valence-electron chi connectivity index (χ0n) is 16.4. The predicted octanol–water partition coefficient (Wildman–Crippen LogP) is 6.15. The van der Waals surface area contributed by atoms with Gasteiger partial charge in [0.1, 0.15) is 0 Å². The first-order chi connectivity index (χ1) is 11.4. The van der Waals surface area contributed by atoms with E-state index >= 15 is 0 Å². The largest absolute Gasteiger partial charge is 0.228 e. The van der Waals surface area contributed by atoms with Crippen molar-refractivity contribution in [3.63, 3.8) is 0 Å². The van der Waals surface area contributed by atoms with Gasteiger partial charge >= 0.3 is 0 Å². The maximum absolute atomic E-state index is 12.8. The quantitative estimate of drug-likeness (QED) is 0.489. The third kappa shape index (κ3) is 4.99. The standard InChI is InChI=1S/C21H40O2S/c1-4-6-7-17-24(22,23)21(3)15-13-20(14-16-21)19-11-9-18(8-5-2)10-12-19/h18-20H,4-17H2,1-3H3. The van der Waals surface area contributed by atoms with Crippen LogP contribution in [-0.2, 0) is 9.84 Å². The number of hydrogen-bond donors (Lipinski definition) is 0. The van der Waals surface area contributed by atoms with Crippen molar-refractivity contribution in [1.82, 2.24) is 0 Å². The van der Waals surface area contributed by atoms with Crippen LogP contribution in [0, 0.1) is 17.8 Å². The monoisotopic (exact) mass is 356 g/mol. The van der Waals surface area contributed by atoms with Crippen molar-refractivity contribution in [2.24, 2.45) is 17.8 Å². The first kappa shape index (κ1) is 20.3. The number of unbranched alkanes of at least 4 members (excludes halogenated alkanes) is 2. The van der Waals surface area contributed by atoms with Gasteiger partial charge in [0, 0.05) is 0 Å². The van der Waals surface area contributed by atoms with Gasteiger partial charge < -0.3 is 0 Å². The van der Waals surface area contributed by atoms with Crippen LogP contribution in [0.4, 0.5) is 0 Å². The molecule has 2 saturated carbocycles. The van der Waals surface area contributed by atoms with Gasteiger partial charge in [0.2, 0.25) is 0 Å². The summed E-state index contributed by atoms with van der Waals surface area (Å²) < 4.78 is 25.1. The minimum absolute atomic E-state index is 0.407. The summed E-state index contributed by atoms with van der Waals surface area (Å²) in [6.07, 6.45) is 15.4. The minimum atomic E-state index is -2.93. The number of rotatable bonds is 8. The van der Waals surface area contributed by atoms with Gasteiger partial charge in [-0.3, -0.25) is 0 Å². The highest BCUT2D eigenvalue weighted by molar-refractivity contribution is 7.92. The van der Waals surface area contributed by atoms with Crippen LogP contribution in [-0.4, -0.2) is 18.9 Å². The van der Waals surface area contributed by atoms with E-state index in [1.807, 2.05) is 6.92 Å². The van der Waals surface area contributed by atoms with Crippen molar-refractivity contribution in [2.75, 3.05) is 5.75 Å². The first-order valence-corrected chi connectivity index (χ1v) is 12.3. The van der Waals surface area contributed by atoms with Crippen LogP contribution in [0.15, 0.2) is 0 Å². The van der Waals surface area contributed by atoms with Crippen LogP contribution in [0.2, 0.25) is 0 Å². The molecule has 0 aromatic carbocycles. The summed E-state index contributed by atoms with van der Waals surface area (Å²) in [5.74, 6) is 3.06. The molecule has 2 aliphatic rings. The Hall–Kier alpha value is -0.0500. The summed E-state index contributed by atoms with van der Waals surface area (Å²) in [4.78, 5) is 0. The highest BCUT2D eigenvalue weighted by atomic mass is 32.2. The first-order valence-electron chi connectivity index (χ1n) is 10.6. The molecule has 142 valence electrons. The average Bonchev–Trinajstić information content (AvgIpc) is 2.57. The van der Waals surface area contributed by atoms with Crippen LogP contribution in [0.3, 0.4) is 0 Å². The van der Waals surface area contributed by atoms with Crippen LogP contribution in [0.5, 0.6) is 0 Å². The van der Waals surface area contributed by atoms with Crippen molar-refractivity contribution in [2.45, 2.75) is 109 Å². The number of hydrogen-bond acceptors (Lipinski definition) is 2. The van der Waals surface area contributed by atoms with E-state index in [1.165, 1.54) is 38.5 Å². The molecule has 2 aliphatic carbocycles. The average molecular weight is 357 g/mol. The highest BCUT2D eigenvalue weighted by Gasteiger charge is 2.43. The van der Waals surface area contributed by atoms with Gasteiger partial charge in [0.05, 0.1) is 10.5 Å². The van der Waals surface area contributed by atoms with E-state index in [9.17, 15) is 8.42 Å². The van der Waals surface area contributed by atoms with Gasteiger partial charge in [-0.25, -0.2) is 8.42 Å². The highest BCUT2D eigenvalue weighted by Crippen LogP contribution is 2.45. The summed E-state index contributed by atoms with van der Waals surface area (Å²) in [6.45, 7) is 6.46. The second-order valence-corrected chi connectivity index (χ2v) is 11.5. The molecule has 0 aromatic heterocycles. The van der Waals surface area contributed by atoms with Gasteiger partial charge in [0.15, 0.2) is 9.84 Å². The maximum Gasteiger partial charge on any atom is 0.155 e. The van der Waals surface area contributed by atoms with Crippen LogP contribution in [0.1, 0.15) is 104 Å². The van der Waals surface area contributed by atoms with E-state index in [0.29, 0.717) is 5.75 Å². The molecule has 0 bridgehead atoms. The van der Waals surface area contributed by atoms with Crippen LogP contribution < -0.4 is 0 Å². The maximum atomic E-state index is 12.8. The Bertz CT molecular complexity index is 452. The molecule has 0 saturated heterocycles. The lowest BCUT2D eigenvalue weighted by Crippen LogP contribution is -2.42. The summed E-state index contributed by atoms with van der Waals surface area (Å²) in [5, 5.41) is 0. The molecule has 0 unspecified atom stereocenters. The topological polar surface area (TPSA) is 34.1 Å². The van der Waals surface area contributed by atoms with Gasteiger partial charge in [-0.1, -0.05) is 52.4 Å². The molecule has 0 N–H and O–H groups in total. The van der Waals surface area contributed by atoms with Crippen LogP contribution >= 0.6 is 0 Å². The zero-order chi connectivity index (χ0) is 17.6. The molecule has 0 spiro atoms. The molecule has 0 amide bonds. The van der Waals surface area contributed by atoms with Crippen molar-refractivity contribution in [3.05, 3.63) is 0 Å². The molecular formula is C21H40O2S. The Morgan fingerprint density at radius 1 is 0.833 bits per heavy atom. The van der Waals surface area contributed by atoms with E-state index in [0.717, 1.165) is 62.7 Å². The van der Waals surface area contributed by atoms with E-state index in [4.69, 9.17) is 0 Å². The van der Waals surface area contributed by atoms with Crippen molar-refractivity contribution in [3.8, 4) is 0 Å². The fraction of sp³-hybridized carbons (Fsp3) is 1.00. The predicted molar refractivity (Wildman–Crippen MR) is 104 cm³/mol. The Morgan fingerprint density at radius 2 is 1.42 bits per heavy atom. The SMILES string of the molecule is CCCCCS(=O)(=O)C1(C)CCC(C2CCC(CCC)CC2)CC1. The Kier molecular flexibility index (Phi) is 7.64. The third-order valence-electron chi connectivity index (χ3n) is 7.11. The van der Waals surface area contributed by atoms with E-state index in [1.54, 1.807) is 0 Å². The molecule has 0 heterocycles. The minimum Gasteiger partial charge on any atom is -0.228 e. The molecule has 3 heteroatoms. The normalized spacial score (nSPS) is 35.0. The number of sulfone groups is 1. The molecule has 24 heavy (non-hydrogen) atoms. The van der Waals surface area contributed by atoms with Gasteiger partial charge in [-0.15, -0.1) is 0 Å². The summed E-state index contributed by atoms with van der Waals surface area (Å²) in [6, 6.07) is 0. The smallest absolute Gasteiger partial charge is 0.155 e. The molecular weight excluding hydrogens is 316 g/mol. The zero-order valence-corrected chi connectivity index (χ0v) is 17.2. The summed E-state index contributed by atoms with van der Waals surface area (Å²) in [7, 11) is -2.93. The molecule has 0 radical (unpaired) electrons.